The molecule has 0 unspecified atom stereocenters. The monoisotopic (exact) mass is 445 g/mol. The SMILES string of the molecule is Cc1cc(C)cc(NC(=O)c2oc3c(c2C)/C(=N/NC(=O)COc2ccccc2)CCC3)c1. The summed E-state index contributed by atoms with van der Waals surface area (Å²) >= 11 is 0. The van der Waals surface area contributed by atoms with Crippen LogP contribution < -0.4 is 15.5 Å². The molecule has 0 saturated carbocycles. The van der Waals surface area contributed by atoms with Crippen molar-refractivity contribution in [1.29, 1.82) is 0 Å². The molecule has 0 aliphatic heterocycles. The van der Waals surface area contributed by atoms with Crippen LogP contribution in [0, 0.1) is 20.8 Å². The number of hydrogen-bond donors (Lipinski definition) is 2. The largest absolute Gasteiger partial charge is 0.484 e. The van der Waals surface area contributed by atoms with Gasteiger partial charge >= 0.3 is 0 Å². The predicted octanol–water partition coefficient (Wildman–Crippen LogP) is 4.69. The van der Waals surface area contributed by atoms with Crippen molar-refractivity contribution in [3.8, 4) is 5.75 Å². The Labute approximate surface area is 192 Å². The van der Waals surface area contributed by atoms with Gasteiger partial charge in [-0.05, 0) is 69.0 Å². The van der Waals surface area contributed by atoms with Crippen molar-refractivity contribution in [2.24, 2.45) is 5.10 Å². The van der Waals surface area contributed by atoms with E-state index in [0.717, 1.165) is 46.5 Å². The third kappa shape index (κ3) is 5.31. The van der Waals surface area contributed by atoms with E-state index in [0.29, 0.717) is 17.9 Å². The number of amides is 2. The molecule has 4 rings (SSSR count). The normalized spacial score (nSPS) is 14.0. The summed E-state index contributed by atoms with van der Waals surface area (Å²) in [5, 5.41) is 7.25. The van der Waals surface area contributed by atoms with Crippen LogP contribution in [0.25, 0.3) is 0 Å². The van der Waals surface area contributed by atoms with Gasteiger partial charge < -0.3 is 14.5 Å². The lowest BCUT2D eigenvalue weighted by molar-refractivity contribution is -0.123. The summed E-state index contributed by atoms with van der Waals surface area (Å²) < 4.78 is 11.4. The van der Waals surface area contributed by atoms with Gasteiger partial charge in [0.1, 0.15) is 11.5 Å². The Hall–Kier alpha value is -3.87. The van der Waals surface area contributed by atoms with Crippen molar-refractivity contribution >= 4 is 23.2 Å². The maximum absolute atomic E-state index is 12.9. The molecule has 1 aliphatic carbocycles. The van der Waals surface area contributed by atoms with Gasteiger partial charge in [-0.3, -0.25) is 9.59 Å². The standard InChI is InChI=1S/C26H27N3O4/c1-16-12-17(2)14-19(13-16)27-26(31)25-18(3)24-21(10-7-11-22(24)33-25)28-29-23(30)15-32-20-8-5-4-6-9-20/h4-6,8-9,12-14H,7,10-11,15H2,1-3H3,(H,27,31)(H,29,30)/b28-21+. The minimum absolute atomic E-state index is 0.137. The maximum Gasteiger partial charge on any atom is 0.291 e. The zero-order chi connectivity index (χ0) is 23.4. The molecule has 2 amide bonds. The molecular formula is C26H27N3O4. The Morgan fingerprint density at radius 2 is 1.76 bits per heavy atom. The Balaban J connectivity index is 1.47. The van der Waals surface area contributed by atoms with Gasteiger partial charge in [-0.25, -0.2) is 5.43 Å². The van der Waals surface area contributed by atoms with Crippen LogP contribution in [0.2, 0.25) is 0 Å². The molecule has 2 N–H and O–H groups in total. The molecule has 1 aliphatic rings. The number of nitrogens with zero attached hydrogens (tertiary/aromatic N) is 1. The average Bonchev–Trinajstić information content (AvgIpc) is 3.13. The molecule has 1 heterocycles. The summed E-state index contributed by atoms with van der Waals surface area (Å²) in [6.07, 6.45) is 2.23. The fraction of sp³-hybridized carbons (Fsp3) is 0.269. The van der Waals surface area contributed by atoms with Crippen LogP contribution in [0.1, 0.15) is 51.4 Å². The van der Waals surface area contributed by atoms with E-state index < -0.39 is 0 Å². The molecule has 0 fully saturated rings. The van der Waals surface area contributed by atoms with E-state index >= 15 is 0 Å². The van der Waals surface area contributed by atoms with Crippen molar-refractivity contribution in [2.75, 3.05) is 11.9 Å². The molecule has 0 bridgehead atoms. The zero-order valence-electron chi connectivity index (χ0n) is 19.0. The predicted molar refractivity (Wildman–Crippen MR) is 127 cm³/mol. The number of hydrogen-bond acceptors (Lipinski definition) is 5. The van der Waals surface area contributed by atoms with Crippen LogP contribution in [0.3, 0.4) is 0 Å². The number of ether oxygens (including phenoxy) is 1. The zero-order valence-corrected chi connectivity index (χ0v) is 19.0. The van der Waals surface area contributed by atoms with Crippen LogP contribution in [-0.2, 0) is 11.2 Å². The second-order valence-corrected chi connectivity index (χ2v) is 8.23. The minimum atomic E-state index is -0.354. The highest BCUT2D eigenvalue weighted by Crippen LogP contribution is 2.30. The van der Waals surface area contributed by atoms with Crippen LogP contribution in [0.4, 0.5) is 5.69 Å². The third-order valence-corrected chi connectivity index (χ3v) is 5.44. The summed E-state index contributed by atoms with van der Waals surface area (Å²) in [6, 6.07) is 15.0. The van der Waals surface area contributed by atoms with Crippen molar-refractivity contribution in [2.45, 2.75) is 40.0 Å². The van der Waals surface area contributed by atoms with Crippen molar-refractivity contribution in [1.82, 2.24) is 5.43 Å². The lowest BCUT2D eigenvalue weighted by Gasteiger charge is -2.13. The number of para-hydroxylation sites is 1. The second kappa shape index (κ2) is 9.73. The molecule has 0 spiro atoms. The number of aryl methyl sites for hydroxylation is 3. The number of benzene rings is 2. The van der Waals surface area contributed by atoms with Crippen molar-refractivity contribution in [3.63, 3.8) is 0 Å². The third-order valence-electron chi connectivity index (χ3n) is 5.44. The van der Waals surface area contributed by atoms with Crippen LogP contribution in [0.5, 0.6) is 5.75 Å². The van der Waals surface area contributed by atoms with E-state index in [4.69, 9.17) is 9.15 Å². The fourth-order valence-electron chi connectivity index (χ4n) is 4.06. The number of carbonyl (C=O) groups excluding carboxylic acids is 2. The fourth-order valence-corrected chi connectivity index (χ4v) is 4.06. The van der Waals surface area contributed by atoms with E-state index in [-0.39, 0.29) is 24.2 Å². The highest BCUT2D eigenvalue weighted by Gasteiger charge is 2.28. The highest BCUT2D eigenvalue weighted by atomic mass is 16.5. The Bertz CT molecular complexity index is 1190. The lowest BCUT2D eigenvalue weighted by Crippen LogP contribution is -2.27. The van der Waals surface area contributed by atoms with Gasteiger partial charge in [0.25, 0.3) is 11.8 Å². The summed E-state index contributed by atoms with van der Waals surface area (Å²) in [5.74, 6) is 0.953. The lowest BCUT2D eigenvalue weighted by atomic mass is 9.93. The smallest absolute Gasteiger partial charge is 0.291 e. The molecule has 7 nitrogen and oxygen atoms in total. The summed E-state index contributed by atoms with van der Waals surface area (Å²) in [4.78, 5) is 25.1. The second-order valence-electron chi connectivity index (χ2n) is 8.23. The van der Waals surface area contributed by atoms with E-state index in [2.05, 4.69) is 21.9 Å². The number of carbonyl (C=O) groups is 2. The molecule has 7 heteroatoms. The van der Waals surface area contributed by atoms with Crippen LogP contribution in [-0.4, -0.2) is 24.1 Å². The van der Waals surface area contributed by atoms with Gasteiger partial charge in [0.15, 0.2) is 12.4 Å². The number of hydrazone groups is 1. The first kappa shape index (κ1) is 22.3. The van der Waals surface area contributed by atoms with Gasteiger partial charge in [-0.2, -0.15) is 5.10 Å². The molecule has 170 valence electrons. The molecule has 33 heavy (non-hydrogen) atoms. The topological polar surface area (TPSA) is 92.9 Å². The van der Waals surface area contributed by atoms with Gasteiger partial charge in [0, 0.05) is 23.2 Å². The molecule has 3 aromatic rings. The number of nitrogens with one attached hydrogen (secondary N) is 2. The van der Waals surface area contributed by atoms with Crippen molar-refractivity contribution < 1.29 is 18.7 Å². The van der Waals surface area contributed by atoms with Crippen LogP contribution in [0.15, 0.2) is 58.0 Å². The Morgan fingerprint density at radius 3 is 2.48 bits per heavy atom. The van der Waals surface area contributed by atoms with Crippen LogP contribution >= 0.6 is 0 Å². The minimum Gasteiger partial charge on any atom is -0.484 e. The van der Waals surface area contributed by atoms with Gasteiger partial charge in [-0.1, -0.05) is 24.3 Å². The van der Waals surface area contributed by atoms with E-state index in [1.165, 1.54) is 0 Å². The molecule has 2 aromatic carbocycles. The summed E-state index contributed by atoms with van der Waals surface area (Å²) in [5.41, 5.74) is 7.66. The Morgan fingerprint density at radius 1 is 1.03 bits per heavy atom. The summed E-state index contributed by atoms with van der Waals surface area (Å²) in [6.45, 7) is 5.68. The first-order chi connectivity index (χ1) is 15.9. The highest BCUT2D eigenvalue weighted by molar-refractivity contribution is 6.09. The number of furan rings is 1. The van der Waals surface area contributed by atoms with Gasteiger partial charge in [0.05, 0.1) is 5.71 Å². The van der Waals surface area contributed by atoms with Gasteiger partial charge in [0.2, 0.25) is 0 Å². The number of anilines is 1. The molecule has 0 atom stereocenters. The molecule has 0 saturated heterocycles. The quantitative estimate of drug-likeness (QED) is 0.538. The molecule has 1 aromatic heterocycles. The maximum atomic E-state index is 12.9. The van der Waals surface area contributed by atoms with Crippen molar-refractivity contribution in [3.05, 3.63) is 82.3 Å². The van der Waals surface area contributed by atoms with E-state index in [1.807, 2.05) is 51.1 Å². The average molecular weight is 446 g/mol. The number of fused-ring (bicyclic) bond motifs is 1. The first-order valence-electron chi connectivity index (χ1n) is 11.0. The first-order valence-corrected chi connectivity index (χ1v) is 11.0. The number of rotatable bonds is 6. The van der Waals surface area contributed by atoms with E-state index in [1.54, 1.807) is 12.1 Å². The van der Waals surface area contributed by atoms with Gasteiger partial charge in [-0.15, -0.1) is 0 Å². The Kier molecular flexibility index (Phi) is 6.58. The van der Waals surface area contributed by atoms with E-state index in [9.17, 15) is 9.59 Å². The summed E-state index contributed by atoms with van der Waals surface area (Å²) in [7, 11) is 0. The molecular weight excluding hydrogens is 418 g/mol. The molecule has 0 radical (unpaired) electrons.